The van der Waals surface area contributed by atoms with E-state index in [0.717, 1.165) is 49.9 Å². The smallest absolute Gasteiger partial charge is 0.164 e. The van der Waals surface area contributed by atoms with E-state index < -0.39 is 16.1 Å². The molecule has 0 aliphatic rings. The zero-order valence-corrected chi connectivity index (χ0v) is 28.6. The van der Waals surface area contributed by atoms with Crippen molar-refractivity contribution in [3.63, 3.8) is 0 Å². The molecule has 0 aliphatic heterocycles. The maximum atomic E-state index is 6.52. The third-order valence-electron chi connectivity index (χ3n) is 8.35. The first-order valence-corrected chi connectivity index (χ1v) is 22.4. The van der Waals surface area contributed by atoms with Gasteiger partial charge in [-0.15, -0.1) is 0 Å². The predicted octanol–water partition coefficient (Wildman–Crippen LogP) is 8.92. The highest BCUT2D eigenvalue weighted by molar-refractivity contribution is 6.89. The SMILES string of the molecule is C[Si](C)(C)c1ccc(-c2nc(-c3ccc([Si](C)(C)C)cc3)nc(-c3ccc4c(c3)oc3c(-c5ccccn5)cccc34)n2)cc1. The number of nitrogens with zero attached hydrogens (tertiary/aromatic N) is 4. The van der Waals surface area contributed by atoms with Crippen molar-refractivity contribution >= 4 is 48.5 Å². The molecule has 0 fully saturated rings. The van der Waals surface area contributed by atoms with Crippen molar-refractivity contribution in [2.75, 3.05) is 0 Å². The summed E-state index contributed by atoms with van der Waals surface area (Å²) in [6.45, 7) is 14.2. The normalized spacial score (nSPS) is 12.2. The number of pyridine rings is 1. The Morgan fingerprint density at radius 1 is 0.511 bits per heavy atom. The van der Waals surface area contributed by atoms with Gasteiger partial charge in [0.15, 0.2) is 17.5 Å². The Balaban J connectivity index is 1.37. The van der Waals surface area contributed by atoms with Crippen LogP contribution in [0.3, 0.4) is 0 Å². The van der Waals surface area contributed by atoms with Crippen molar-refractivity contribution in [2.45, 2.75) is 39.3 Å². The molecule has 0 amide bonds. The van der Waals surface area contributed by atoms with Gasteiger partial charge in [0, 0.05) is 39.2 Å². The Morgan fingerprint density at radius 3 is 1.60 bits per heavy atom. The number of hydrogen-bond donors (Lipinski definition) is 0. The molecule has 0 bridgehead atoms. The highest BCUT2D eigenvalue weighted by Gasteiger charge is 2.20. The summed E-state index contributed by atoms with van der Waals surface area (Å²) < 4.78 is 6.52. The van der Waals surface area contributed by atoms with Gasteiger partial charge in [-0.1, -0.05) is 122 Å². The molecule has 5 nitrogen and oxygen atoms in total. The third-order valence-corrected chi connectivity index (χ3v) is 12.5. The maximum absolute atomic E-state index is 6.52. The molecule has 0 atom stereocenters. The van der Waals surface area contributed by atoms with Crippen LogP contribution in [0.5, 0.6) is 0 Å². The Bertz CT molecular complexity index is 2080. The molecule has 222 valence electrons. The van der Waals surface area contributed by atoms with Gasteiger partial charge in [-0.25, -0.2) is 15.0 Å². The summed E-state index contributed by atoms with van der Waals surface area (Å²) in [5, 5.41) is 4.91. The van der Waals surface area contributed by atoms with Crippen LogP contribution in [0.2, 0.25) is 39.3 Å². The van der Waals surface area contributed by atoms with Crippen molar-refractivity contribution in [1.29, 1.82) is 0 Å². The molecule has 0 unspecified atom stereocenters. The maximum Gasteiger partial charge on any atom is 0.164 e. The lowest BCUT2D eigenvalue weighted by Gasteiger charge is -2.17. The lowest BCUT2D eigenvalue weighted by molar-refractivity contribution is 0.670. The molecule has 4 aromatic carbocycles. The molecular formula is C38H36N4OSi2. The van der Waals surface area contributed by atoms with E-state index in [0.29, 0.717) is 17.5 Å². The summed E-state index contributed by atoms with van der Waals surface area (Å²) >= 11 is 0. The summed E-state index contributed by atoms with van der Waals surface area (Å²) in [6, 6.07) is 35.9. The summed E-state index contributed by atoms with van der Waals surface area (Å²) in [4.78, 5) is 19.6. The van der Waals surface area contributed by atoms with Crippen LogP contribution in [-0.4, -0.2) is 36.1 Å². The molecule has 0 saturated carbocycles. The molecular weight excluding hydrogens is 585 g/mol. The van der Waals surface area contributed by atoms with Crippen LogP contribution in [-0.2, 0) is 0 Å². The highest BCUT2D eigenvalue weighted by Crippen LogP contribution is 2.37. The number of rotatable bonds is 6. The number of para-hydroxylation sites is 1. The second-order valence-electron chi connectivity index (χ2n) is 13.7. The van der Waals surface area contributed by atoms with Gasteiger partial charge < -0.3 is 4.42 Å². The first kappa shape index (κ1) is 29.0. The first-order chi connectivity index (χ1) is 21.5. The number of hydrogen-bond acceptors (Lipinski definition) is 5. The molecule has 0 N–H and O–H groups in total. The van der Waals surface area contributed by atoms with E-state index in [1.165, 1.54) is 10.4 Å². The fourth-order valence-corrected chi connectivity index (χ4v) is 8.00. The molecule has 0 aliphatic carbocycles. The Kier molecular flexibility index (Phi) is 7.10. The molecule has 0 saturated heterocycles. The van der Waals surface area contributed by atoms with E-state index in [1.807, 2.05) is 30.5 Å². The first-order valence-electron chi connectivity index (χ1n) is 15.4. The van der Waals surface area contributed by atoms with Crippen molar-refractivity contribution < 1.29 is 4.42 Å². The van der Waals surface area contributed by atoms with Gasteiger partial charge in [-0.3, -0.25) is 4.98 Å². The third kappa shape index (κ3) is 5.65. The van der Waals surface area contributed by atoms with Crippen molar-refractivity contribution in [3.8, 4) is 45.4 Å². The van der Waals surface area contributed by atoms with Gasteiger partial charge in [-0.05, 0) is 30.3 Å². The number of benzene rings is 4. The van der Waals surface area contributed by atoms with Crippen LogP contribution < -0.4 is 10.4 Å². The van der Waals surface area contributed by atoms with Crippen LogP contribution in [0, 0.1) is 0 Å². The number of fused-ring (bicyclic) bond motifs is 3. The Morgan fingerprint density at radius 2 is 1.07 bits per heavy atom. The van der Waals surface area contributed by atoms with E-state index in [4.69, 9.17) is 19.4 Å². The van der Waals surface area contributed by atoms with Gasteiger partial charge in [0.25, 0.3) is 0 Å². The van der Waals surface area contributed by atoms with Crippen LogP contribution in [0.4, 0.5) is 0 Å². The standard InChI is InChI=1S/C38H36N4OSi2/c1-44(2,3)28-18-13-25(14-19-28)36-40-37(26-15-20-29(21-16-26)45(4,5)6)42-38(41-36)27-17-22-30-31-10-9-11-32(33-12-7-8-23-39-33)35(31)43-34(30)24-27/h7-24H,1-6H3. The zero-order chi connectivity index (χ0) is 31.3. The van der Waals surface area contributed by atoms with Crippen LogP contribution in [0.25, 0.3) is 67.4 Å². The summed E-state index contributed by atoms with van der Waals surface area (Å²) in [6.07, 6.45) is 1.81. The quantitative estimate of drug-likeness (QED) is 0.174. The topological polar surface area (TPSA) is 64.7 Å². The molecule has 45 heavy (non-hydrogen) atoms. The molecule has 0 radical (unpaired) electrons. The average molecular weight is 621 g/mol. The van der Waals surface area contributed by atoms with E-state index >= 15 is 0 Å². The van der Waals surface area contributed by atoms with Gasteiger partial charge in [-0.2, -0.15) is 0 Å². The molecule has 0 spiro atoms. The number of furan rings is 1. The van der Waals surface area contributed by atoms with Crippen LogP contribution >= 0.6 is 0 Å². The van der Waals surface area contributed by atoms with Gasteiger partial charge in [0.05, 0.1) is 21.8 Å². The van der Waals surface area contributed by atoms with Gasteiger partial charge >= 0.3 is 0 Å². The number of aromatic nitrogens is 4. The zero-order valence-electron chi connectivity index (χ0n) is 26.6. The Labute approximate surface area is 266 Å². The molecule has 7 heteroatoms. The van der Waals surface area contributed by atoms with Crippen molar-refractivity contribution in [3.05, 3.63) is 109 Å². The summed E-state index contributed by atoms with van der Waals surface area (Å²) in [7, 11) is -2.87. The average Bonchev–Trinajstić information content (AvgIpc) is 3.42. The van der Waals surface area contributed by atoms with Crippen LogP contribution in [0.1, 0.15) is 0 Å². The minimum atomic E-state index is -1.44. The minimum absolute atomic E-state index is 0.617. The molecule has 7 rings (SSSR count). The lowest BCUT2D eigenvalue weighted by atomic mass is 10.1. The van der Waals surface area contributed by atoms with E-state index in [2.05, 4.69) is 123 Å². The van der Waals surface area contributed by atoms with E-state index in [-0.39, 0.29) is 0 Å². The molecule has 3 heterocycles. The minimum Gasteiger partial charge on any atom is -0.455 e. The second kappa shape index (κ2) is 11.0. The molecule has 3 aromatic heterocycles. The summed E-state index contributed by atoms with van der Waals surface area (Å²) in [5.74, 6) is 1.94. The lowest BCUT2D eigenvalue weighted by Crippen LogP contribution is -2.37. The monoisotopic (exact) mass is 620 g/mol. The van der Waals surface area contributed by atoms with E-state index in [9.17, 15) is 0 Å². The van der Waals surface area contributed by atoms with Gasteiger partial charge in [0.2, 0.25) is 0 Å². The second-order valence-corrected chi connectivity index (χ2v) is 23.8. The van der Waals surface area contributed by atoms with Crippen molar-refractivity contribution in [1.82, 2.24) is 19.9 Å². The Hall–Kier alpha value is -4.73. The predicted molar refractivity (Wildman–Crippen MR) is 193 cm³/mol. The molecule has 7 aromatic rings. The summed E-state index contributed by atoms with van der Waals surface area (Å²) in [5.41, 5.74) is 6.30. The largest absolute Gasteiger partial charge is 0.455 e. The fraction of sp³-hybridized carbons (Fsp3) is 0.158. The highest BCUT2D eigenvalue weighted by atomic mass is 28.3. The van der Waals surface area contributed by atoms with E-state index in [1.54, 1.807) is 0 Å². The van der Waals surface area contributed by atoms with Crippen LogP contribution in [0.15, 0.2) is 114 Å². The van der Waals surface area contributed by atoms with Gasteiger partial charge in [0.1, 0.15) is 11.2 Å². The van der Waals surface area contributed by atoms with Crippen molar-refractivity contribution in [2.24, 2.45) is 0 Å². The fourth-order valence-electron chi connectivity index (χ4n) is 5.66.